The topological polar surface area (TPSA) is 52.6 Å². The molecule has 5 heteroatoms. The number of hydrogen-bond donors (Lipinski definition) is 2. The summed E-state index contributed by atoms with van der Waals surface area (Å²) in [4.78, 5) is 13.1. The van der Waals surface area contributed by atoms with Crippen molar-refractivity contribution in [1.29, 1.82) is 0 Å². The third-order valence-electron chi connectivity index (χ3n) is 3.61. The Morgan fingerprint density at radius 1 is 1.55 bits per heavy atom. The van der Waals surface area contributed by atoms with Crippen LogP contribution in [0.2, 0.25) is 0 Å². The first-order valence-electron chi connectivity index (χ1n) is 6.98. The predicted octanol–water partition coefficient (Wildman–Crippen LogP) is 1.46. The normalized spacial score (nSPS) is 21.4. The molecule has 0 aliphatic carbocycles. The van der Waals surface area contributed by atoms with Crippen LogP contribution in [0.5, 0.6) is 0 Å². The molecule has 1 amide bonds. The number of rotatable bonds is 4. The molecule has 2 atom stereocenters. The van der Waals surface area contributed by atoms with Crippen LogP contribution in [-0.4, -0.2) is 41.6 Å². The number of β-amino-alcohol motifs (C(OH)–C–C–N with tert-alkyl or cyclic N) is 1. The molecule has 110 valence electrons. The number of piperidine rings is 1. The summed E-state index contributed by atoms with van der Waals surface area (Å²) in [5, 5.41) is 13.1. The standard InChI is InChI=1S/C15H21FN2O2/c1-11(19)17-12-5-4-8-18(9-12)10-15(20)13-6-2-3-7-14(13)16/h2-3,6-7,12,15,20H,4-5,8-10H2,1H3,(H,17,19). The van der Waals surface area contributed by atoms with Gasteiger partial charge in [-0.05, 0) is 25.5 Å². The van der Waals surface area contributed by atoms with E-state index in [0.29, 0.717) is 18.7 Å². The van der Waals surface area contributed by atoms with E-state index in [1.807, 2.05) is 0 Å². The minimum Gasteiger partial charge on any atom is -0.387 e. The fourth-order valence-electron chi connectivity index (χ4n) is 2.71. The number of hydrogen-bond acceptors (Lipinski definition) is 3. The van der Waals surface area contributed by atoms with Gasteiger partial charge in [-0.25, -0.2) is 4.39 Å². The van der Waals surface area contributed by atoms with Crippen LogP contribution in [0.25, 0.3) is 0 Å². The molecule has 1 saturated heterocycles. The molecule has 0 aromatic heterocycles. The van der Waals surface area contributed by atoms with E-state index in [-0.39, 0.29) is 17.8 Å². The zero-order valence-electron chi connectivity index (χ0n) is 11.7. The lowest BCUT2D eigenvalue weighted by molar-refractivity contribution is -0.120. The number of amides is 1. The van der Waals surface area contributed by atoms with Crippen LogP contribution in [0.3, 0.4) is 0 Å². The average Bonchev–Trinajstić information content (AvgIpc) is 2.38. The fraction of sp³-hybridized carbons (Fsp3) is 0.533. The van der Waals surface area contributed by atoms with Crippen LogP contribution in [0.4, 0.5) is 4.39 Å². The summed E-state index contributed by atoms with van der Waals surface area (Å²) in [6, 6.07) is 6.41. The van der Waals surface area contributed by atoms with E-state index in [9.17, 15) is 14.3 Å². The molecule has 1 aromatic carbocycles. The van der Waals surface area contributed by atoms with Gasteiger partial charge in [0.2, 0.25) is 5.91 Å². The van der Waals surface area contributed by atoms with Crippen LogP contribution in [-0.2, 0) is 4.79 Å². The average molecular weight is 280 g/mol. The first kappa shape index (κ1) is 14.9. The lowest BCUT2D eigenvalue weighted by atomic mass is 10.0. The van der Waals surface area contributed by atoms with Gasteiger partial charge in [0.15, 0.2) is 0 Å². The van der Waals surface area contributed by atoms with Crippen molar-refractivity contribution in [2.24, 2.45) is 0 Å². The summed E-state index contributed by atoms with van der Waals surface area (Å²) >= 11 is 0. The van der Waals surface area contributed by atoms with E-state index < -0.39 is 6.10 Å². The van der Waals surface area contributed by atoms with Crippen molar-refractivity contribution in [1.82, 2.24) is 10.2 Å². The Labute approximate surface area is 118 Å². The zero-order chi connectivity index (χ0) is 14.5. The van der Waals surface area contributed by atoms with Crippen molar-refractivity contribution in [3.8, 4) is 0 Å². The molecular formula is C15H21FN2O2. The highest BCUT2D eigenvalue weighted by Gasteiger charge is 2.23. The van der Waals surface area contributed by atoms with Crippen LogP contribution >= 0.6 is 0 Å². The second-order valence-electron chi connectivity index (χ2n) is 5.34. The predicted molar refractivity (Wildman–Crippen MR) is 74.6 cm³/mol. The van der Waals surface area contributed by atoms with E-state index in [0.717, 1.165) is 19.4 Å². The van der Waals surface area contributed by atoms with Crippen molar-refractivity contribution in [2.75, 3.05) is 19.6 Å². The SMILES string of the molecule is CC(=O)NC1CCCN(CC(O)c2ccccc2F)C1. The molecule has 2 rings (SSSR count). The van der Waals surface area contributed by atoms with Gasteiger partial charge in [0.05, 0.1) is 6.10 Å². The number of halogens is 1. The Bertz CT molecular complexity index is 467. The molecule has 0 spiro atoms. The van der Waals surface area contributed by atoms with Gasteiger partial charge < -0.3 is 10.4 Å². The number of nitrogens with zero attached hydrogens (tertiary/aromatic N) is 1. The third-order valence-corrected chi connectivity index (χ3v) is 3.61. The number of nitrogens with one attached hydrogen (secondary N) is 1. The summed E-state index contributed by atoms with van der Waals surface area (Å²) in [7, 11) is 0. The van der Waals surface area contributed by atoms with Crippen molar-refractivity contribution >= 4 is 5.91 Å². The van der Waals surface area contributed by atoms with Crippen molar-refractivity contribution in [3.63, 3.8) is 0 Å². The molecule has 4 nitrogen and oxygen atoms in total. The second-order valence-corrected chi connectivity index (χ2v) is 5.34. The highest BCUT2D eigenvalue weighted by Crippen LogP contribution is 2.20. The Morgan fingerprint density at radius 2 is 2.30 bits per heavy atom. The summed E-state index contributed by atoms with van der Waals surface area (Å²) < 4.78 is 13.6. The summed E-state index contributed by atoms with van der Waals surface area (Å²) in [5.74, 6) is -0.415. The van der Waals surface area contributed by atoms with E-state index in [2.05, 4.69) is 10.2 Å². The minimum absolute atomic E-state index is 0.0356. The number of likely N-dealkylation sites (tertiary alicyclic amines) is 1. The molecule has 20 heavy (non-hydrogen) atoms. The first-order valence-corrected chi connectivity index (χ1v) is 6.98. The second kappa shape index (κ2) is 6.81. The van der Waals surface area contributed by atoms with Crippen LogP contribution in [0.1, 0.15) is 31.4 Å². The van der Waals surface area contributed by atoms with Gasteiger partial charge >= 0.3 is 0 Å². The quantitative estimate of drug-likeness (QED) is 0.878. The van der Waals surface area contributed by atoms with Gasteiger partial charge in [-0.2, -0.15) is 0 Å². The first-order chi connectivity index (χ1) is 9.56. The van der Waals surface area contributed by atoms with Crippen molar-refractivity contribution < 1.29 is 14.3 Å². The van der Waals surface area contributed by atoms with Gasteiger partial charge in [0.1, 0.15) is 5.82 Å². The minimum atomic E-state index is -0.840. The molecular weight excluding hydrogens is 259 g/mol. The summed E-state index contributed by atoms with van der Waals surface area (Å²) in [6.07, 6.45) is 1.08. The van der Waals surface area contributed by atoms with Gasteiger partial charge in [-0.3, -0.25) is 9.69 Å². The largest absolute Gasteiger partial charge is 0.387 e. The lowest BCUT2D eigenvalue weighted by Crippen LogP contribution is -2.48. The van der Waals surface area contributed by atoms with Gasteiger partial charge in [0.25, 0.3) is 0 Å². The third kappa shape index (κ3) is 4.02. The highest BCUT2D eigenvalue weighted by atomic mass is 19.1. The molecule has 1 fully saturated rings. The maximum absolute atomic E-state index is 13.6. The summed E-state index contributed by atoms with van der Waals surface area (Å²) in [5.41, 5.74) is 0.328. The highest BCUT2D eigenvalue weighted by molar-refractivity contribution is 5.73. The molecule has 0 radical (unpaired) electrons. The van der Waals surface area contributed by atoms with E-state index in [1.54, 1.807) is 18.2 Å². The lowest BCUT2D eigenvalue weighted by Gasteiger charge is -2.34. The number of benzene rings is 1. The Kier molecular flexibility index (Phi) is 5.09. The van der Waals surface area contributed by atoms with E-state index in [4.69, 9.17) is 0 Å². The molecule has 2 unspecified atom stereocenters. The van der Waals surface area contributed by atoms with Crippen molar-refractivity contribution in [2.45, 2.75) is 31.9 Å². The Balaban J connectivity index is 1.92. The number of carbonyl (C=O) groups excluding carboxylic acids is 1. The monoisotopic (exact) mass is 280 g/mol. The molecule has 1 heterocycles. The maximum Gasteiger partial charge on any atom is 0.217 e. The molecule has 0 saturated carbocycles. The number of carbonyl (C=O) groups is 1. The fourth-order valence-corrected chi connectivity index (χ4v) is 2.71. The molecule has 0 bridgehead atoms. The van der Waals surface area contributed by atoms with Gasteiger partial charge in [0, 0.05) is 31.6 Å². The van der Waals surface area contributed by atoms with Crippen LogP contribution in [0.15, 0.2) is 24.3 Å². The molecule has 1 aliphatic heterocycles. The Hall–Kier alpha value is -1.46. The van der Waals surface area contributed by atoms with Crippen LogP contribution < -0.4 is 5.32 Å². The zero-order valence-corrected chi connectivity index (χ0v) is 11.7. The van der Waals surface area contributed by atoms with E-state index >= 15 is 0 Å². The summed E-state index contributed by atoms with van der Waals surface area (Å²) in [6.45, 7) is 3.46. The van der Waals surface area contributed by atoms with Crippen molar-refractivity contribution in [3.05, 3.63) is 35.6 Å². The molecule has 2 N–H and O–H groups in total. The number of aliphatic hydroxyl groups excluding tert-OH is 1. The van der Waals surface area contributed by atoms with Gasteiger partial charge in [-0.1, -0.05) is 18.2 Å². The van der Waals surface area contributed by atoms with Gasteiger partial charge in [-0.15, -0.1) is 0 Å². The molecule has 1 aliphatic rings. The maximum atomic E-state index is 13.6. The van der Waals surface area contributed by atoms with Crippen LogP contribution in [0, 0.1) is 5.82 Å². The molecule has 1 aromatic rings. The van der Waals surface area contributed by atoms with E-state index in [1.165, 1.54) is 13.0 Å². The Morgan fingerprint density at radius 3 is 3.00 bits per heavy atom. The number of aliphatic hydroxyl groups is 1. The smallest absolute Gasteiger partial charge is 0.217 e.